The van der Waals surface area contributed by atoms with Crippen molar-refractivity contribution in [1.82, 2.24) is 20.4 Å². The molecule has 0 saturated carbocycles. The van der Waals surface area contributed by atoms with E-state index in [-0.39, 0.29) is 5.75 Å². The zero-order chi connectivity index (χ0) is 18.3. The van der Waals surface area contributed by atoms with E-state index in [2.05, 4.69) is 25.5 Å². The predicted molar refractivity (Wildman–Crippen MR) is 88.2 cm³/mol. The number of hydrogen-bond acceptors (Lipinski definition) is 3. The summed E-state index contributed by atoms with van der Waals surface area (Å²) in [4.78, 5) is 4.12. The van der Waals surface area contributed by atoms with E-state index in [1.165, 1.54) is 12.1 Å². The van der Waals surface area contributed by atoms with Gasteiger partial charge >= 0.3 is 6.18 Å². The van der Waals surface area contributed by atoms with Crippen LogP contribution in [-0.4, -0.2) is 35.6 Å². The second-order valence-electron chi connectivity index (χ2n) is 5.35. The van der Waals surface area contributed by atoms with Crippen LogP contribution >= 0.6 is 0 Å². The molecule has 1 aromatic carbocycles. The smallest absolute Gasteiger partial charge is 0.422 e. The van der Waals surface area contributed by atoms with Gasteiger partial charge in [0, 0.05) is 38.9 Å². The summed E-state index contributed by atoms with van der Waals surface area (Å²) in [6, 6.07) is 6.42. The second-order valence-corrected chi connectivity index (χ2v) is 5.35. The SMILES string of the molecule is CN=C(NCc1ccc(OCC(F)(F)F)cc1)NCc1cnn(C)c1. The number of nitrogens with one attached hydrogen (secondary N) is 2. The summed E-state index contributed by atoms with van der Waals surface area (Å²) in [6.07, 6.45) is -0.674. The van der Waals surface area contributed by atoms with Gasteiger partial charge in [0.1, 0.15) is 5.75 Å². The van der Waals surface area contributed by atoms with Crippen LogP contribution in [0.4, 0.5) is 13.2 Å². The fourth-order valence-corrected chi connectivity index (χ4v) is 2.02. The first-order chi connectivity index (χ1) is 11.9. The highest BCUT2D eigenvalue weighted by Crippen LogP contribution is 2.18. The molecule has 0 aliphatic rings. The van der Waals surface area contributed by atoms with Crippen LogP contribution < -0.4 is 15.4 Å². The van der Waals surface area contributed by atoms with Gasteiger partial charge in [-0.05, 0) is 17.7 Å². The van der Waals surface area contributed by atoms with Crippen molar-refractivity contribution in [2.24, 2.45) is 12.0 Å². The Morgan fingerprint density at radius 1 is 1.16 bits per heavy atom. The Bertz CT molecular complexity index is 695. The summed E-state index contributed by atoms with van der Waals surface area (Å²) in [7, 11) is 3.51. The van der Waals surface area contributed by atoms with Crippen LogP contribution in [0.5, 0.6) is 5.75 Å². The number of aromatic nitrogens is 2. The lowest BCUT2D eigenvalue weighted by Gasteiger charge is -2.12. The number of hydrogen-bond donors (Lipinski definition) is 2. The van der Waals surface area contributed by atoms with Crippen molar-refractivity contribution in [2.45, 2.75) is 19.3 Å². The Morgan fingerprint density at radius 3 is 2.32 bits per heavy atom. The van der Waals surface area contributed by atoms with Crippen LogP contribution in [0.2, 0.25) is 0 Å². The van der Waals surface area contributed by atoms with Gasteiger partial charge in [0.15, 0.2) is 12.6 Å². The summed E-state index contributed by atoms with van der Waals surface area (Å²) >= 11 is 0. The molecule has 0 atom stereocenters. The van der Waals surface area contributed by atoms with Gasteiger partial charge in [-0.25, -0.2) is 0 Å². The minimum Gasteiger partial charge on any atom is -0.484 e. The van der Waals surface area contributed by atoms with Crippen molar-refractivity contribution >= 4 is 5.96 Å². The number of aliphatic imine (C=N–C) groups is 1. The van der Waals surface area contributed by atoms with E-state index in [1.807, 2.05) is 13.2 Å². The monoisotopic (exact) mass is 355 g/mol. The first-order valence-electron chi connectivity index (χ1n) is 7.56. The number of alkyl halides is 3. The molecule has 0 bridgehead atoms. The van der Waals surface area contributed by atoms with Gasteiger partial charge in [0.05, 0.1) is 6.20 Å². The first-order valence-corrected chi connectivity index (χ1v) is 7.56. The van der Waals surface area contributed by atoms with Crippen LogP contribution in [0.15, 0.2) is 41.7 Å². The fraction of sp³-hybridized carbons (Fsp3) is 0.375. The van der Waals surface area contributed by atoms with Crippen LogP contribution in [0.1, 0.15) is 11.1 Å². The fourth-order valence-electron chi connectivity index (χ4n) is 2.02. The lowest BCUT2D eigenvalue weighted by molar-refractivity contribution is -0.153. The van der Waals surface area contributed by atoms with Crippen molar-refractivity contribution < 1.29 is 17.9 Å². The van der Waals surface area contributed by atoms with E-state index in [9.17, 15) is 13.2 Å². The summed E-state index contributed by atoms with van der Waals surface area (Å²) in [5.41, 5.74) is 1.92. The minimum absolute atomic E-state index is 0.181. The van der Waals surface area contributed by atoms with Gasteiger partial charge in [-0.15, -0.1) is 0 Å². The molecule has 0 amide bonds. The molecule has 0 unspecified atom stereocenters. The molecule has 136 valence electrons. The normalized spacial score (nSPS) is 12.1. The molecule has 25 heavy (non-hydrogen) atoms. The van der Waals surface area contributed by atoms with Crippen LogP contribution in [0.25, 0.3) is 0 Å². The Hall–Kier alpha value is -2.71. The molecule has 0 aliphatic carbocycles. The van der Waals surface area contributed by atoms with Crippen LogP contribution in [0.3, 0.4) is 0 Å². The zero-order valence-electron chi connectivity index (χ0n) is 14.0. The highest BCUT2D eigenvalue weighted by Gasteiger charge is 2.28. The average molecular weight is 355 g/mol. The third kappa shape index (κ3) is 6.74. The molecule has 0 aliphatic heterocycles. The van der Waals surface area contributed by atoms with Gasteiger partial charge < -0.3 is 15.4 Å². The van der Waals surface area contributed by atoms with Crippen LogP contribution in [-0.2, 0) is 20.1 Å². The van der Waals surface area contributed by atoms with E-state index in [1.54, 1.807) is 30.1 Å². The molecule has 6 nitrogen and oxygen atoms in total. The van der Waals surface area contributed by atoms with Crippen molar-refractivity contribution in [3.8, 4) is 5.75 Å². The van der Waals surface area contributed by atoms with Gasteiger partial charge in [0.2, 0.25) is 0 Å². The highest BCUT2D eigenvalue weighted by atomic mass is 19.4. The lowest BCUT2D eigenvalue weighted by atomic mass is 10.2. The molecular weight excluding hydrogens is 335 g/mol. The number of aryl methyl sites for hydroxylation is 1. The number of rotatable bonds is 6. The van der Waals surface area contributed by atoms with E-state index in [4.69, 9.17) is 0 Å². The minimum atomic E-state index is -4.34. The molecule has 1 aromatic heterocycles. The average Bonchev–Trinajstić information content (AvgIpc) is 2.99. The third-order valence-corrected chi connectivity index (χ3v) is 3.23. The topological polar surface area (TPSA) is 63.5 Å². The van der Waals surface area contributed by atoms with Gasteiger partial charge in [-0.2, -0.15) is 18.3 Å². The first kappa shape index (κ1) is 18.6. The quantitative estimate of drug-likeness (QED) is 0.616. The summed E-state index contributed by atoms with van der Waals surface area (Å²) in [5.74, 6) is 0.793. The third-order valence-electron chi connectivity index (χ3n) is 3.23. The lowest BCUT2D eigenvalue weighted by Crippen LogP contribution is -2.36. The molecule has 0 spiro atoms. The molecule has 1 heterocycles. The maximum atomic E-state index is 12.1. The van der Waals surface area contributed by atoms with Crippen molar-refractivity contribution in [2.75, 3.05) is 13.7 Å². The molecule has 0 fully saturated rings. The maximum Gasteiger partial charge on any atom is 0.422 e. The largest absolute Gasteiger partial charge is 0.484 e. The van der Waals surface area contributed by atoms with Crippen LogP contribution in [0, 0.1) is 0 Å². The van der Waals surface area contributed by atoms with E-state index in [0.717, 1.165) is 11.1 Å². The number of benzene rings is 1. The number of ether oxygens (including phenoxy) is 1. The Labute approximate surface area is 143 Å². The number of halogens is 3. The summed E-state index contributed by atoms with van der Waals surface area (Å²) in [6.45, 7) is -0.237. The predicted octanol–water partition coefficient (Wildman–Crippen LogP) is 2.23. The molecule has 2 rings (SSSR count). The Balaban J connectivity index is 1.78. The van der Waals surface area contributed by atoms with Gasteiger partial charge in [-0.1, -0.05) is 12.1 Å². The maximum absolute atomic E-state index is 12.1. The van der Waals surface area contributed by atoms with Gasteiger partial charge in [0.25, 0.3) is 0 Å². The van der Waals surface area contributed by atoms with Crippen molar-refractivity contribution in [3.63, 3.8) is 0 Å². The summed E-state index contributed by atoms with van der Waals surface area (Å²) in [5, 5.41) is 10.4. The molecule has 2 N–H and O–H groups in total. The highest BCUT2D eigenvalue weighted by molar-refractivity contribution is 5.79. The number of nitrogens with zero attached hydrogens (tertiary/aromatic N) is 3. The molecule has 9 heteroatoms. The second kappa shape index (κ2) is 8.41. The standard InChI is InChI=1S/C16H20F3N5O/c1-20-15(22-8-13-9-23-24(2)10-13)21-7-12-3-5-14(6-4-12)25-11-16(17,18)19/h3-6,9-10H,7-8,11H2,1-2H3,(H2,20,21,22). The molecule has 0 saturated heterocycles. The molecular formula is C16H20F3N5O. The Morgan fingerprint density at radius 2 is 1.80 bits per heavy atom. The van der Waals surface area contributed by atoms with Gasteiger partial charge in [-0.3, -0.25) is 9.67 Å². The number of guanidine groups is 1. The molecule has 0 radical (unpaired) electrons. The summed E-state index contributed by atoms with van der Waals surface area (Å²) < 4.78 is 42.7. The van der Waals surface area contributed by atoms with Crippen molar-refractivity contribution in [3.05, 3.63) is 47.8 Å². The van der Waals surface area contributed by atoms with Crippen molar-refractivity contribution in [1.29, 1.82) is 0 Å². The molecule has 2 aromatic rings. The Kier molecular flexibility index (Phi) is 6.26. The van der Waals surface area contributed by atoms with E-state index in [0.29, 0.717) is 19.0 Å². The zero-order valence-corrected chi connectivity index (χ0v) is 14.0. The van der Waals surface area contributed by atoms with E-state index < -0.39 is 12.8 Å². The van der Waals surface area contributed by atoms with E-state index >= 15 is 0 Å².